The summed E-state index contributed by atoms with van der Waals surface area (Å²) in [4.78, 5) is 7.06. The highest BCUT2D eigenvalue weighted by atomic mass is 79.9. The minimum Gasteiger partial charge on any atom is -0.357 e. The molecule has 0 saturated carbocycles. The third kappa shape index (κ3) is 2.66. The number of hydrogen-bond acceptors (Lipinski definition) is 3. The molecule has 0 N–H and O–H groups in total. The van der Waals surface area contributed by atoms with Gasteiger partial charge in [-0.15, -0.1) is 0 Å². The van der Waals surface area contributed by atoms with Crippen molar-refractivity contribution in [3.8, 4) is 0 Å². The summed E-state index contributed by atoms with van der Waals surface area (Å²) in [6.07, 6.45) is 3.70. The number of alkyl halides is 1. The molecule has 0 fully saturated rings. The van der Waals surface area contributed by atoms with Gasteiger partial charge in [-0.1, -0.05) is 36.7 Å². The molecule has 0 aliphatic heterocycles. The Morgan fingerprint density at radius 2 is 2.11 bits per heavy atom. The number of rotatable bonds is 4. The Labute approximate surface area is 116 Å². The Kier molecular flexibility index (Phi) is 3.90. The smallest absolute Gasteiger partial charge is 0.154 e. The first kappa shape index (κ1) is 13.3. The molecule has 2 aromatic heterocycles. The maximum Gasteiger partial charge on any atom is 0.154 e. The molecule has 5 heteroatoms. The number of aromatic nitrogens is 3. The maximum absolute atomic E-state index is 4.57. The van der Waals surface area contributed by atoms with E-state index in [1.54, 1.807) is 6.20 Å². The van der Waals surface area contributed by atoms with Crippen molar-refractivity contribution >= 4 is 27.3 Å². The zero-order chi connectivity index (χ0) is 13.3. The summed E-state index contributed by atoms with van der Waals surface area (Å²) in [5.74, 6) is 1.40. The molecule has 18 heavy (non-hydrogen) atoms. The second-order valence-electron chi connectivity index (χ2n) is 4.97. The van der Waals surface area contributed by atoms with E-state index in [0.29, 0.717) is 10.7 Å². The molecule has 0 aliphatic rings. The Hall–Kier alpha value is -1.10. The van der Waals surface area contributed by atoms with E-state index in [-0.39, 0.29) is 0 Å². The van der Waals surface area contributed by atoms with E-state index in [1.807, 2.05) is 10.7 Å². The van der Waals surface area contributed by atoms with Gasteiger partial charge in [-0.05, 0) is 12.0 Å². The fraction of sp³-hybridized carbons (Fsp3) is 0.538. The average molecular weight is 311 g/mol. The van der Waals surface area contributed by atoms with Crippen LogP contribution in [0.2, 0.25) is 0 Å². The molecule has 0 saturated heterocycles. The van der Waals surface area contributed by atoms with Gasteiger partial charge in [0, 0.05) is 30.8 Å². The van der Waals surface area contributed by atoms with Crippen molar-refractivity contribution in [3.63, 3.8) is 0 Å². The molecule has 98 valence electrons. The molecule has 0 spiro atoms. The highest BCUT2D eigenvalue weighted by molar-refractivity contribution is 9.09. The Bertz CT molecular complexity index is 533. The molecule has 1 atom stereocenters. The van der Waals surface area contributed by atoms with Crippen molar-refractivity contribution < 1.29 is 0 Å². The fourth-order valence-corrected chi connectivity index (χ4v) is 2.40. The van der Waals surface area contributed by atoms with Gasteiger partial charge in [-0.3, -0.25) is 0 Å². The van der Waals surface area contributed by atoms with Crippen LogP contribution in [-0.2, 0) is 0 Å². The zero-order valence-corrected chi connectivity index (χ0v) is 12.8. The van der Waals surface area contributed by atoms with E-state index in [1.165, 1.54) is 0 Å². The van der Waals surface area contributed by atoms with Crippen LogP contribution >= 0.6 is 15.9 Å². The molecule has 4 nitrogen and oxygen atoms in total. The number of halogens is 1. The van der Waals surface area contributed by atoms with E-state index in [9.17, 15) is 0 Å². The first-order valence-electron chi connectivity index (χ1n) is 6.18. The van der Waals surface area contributed by atoms with Gasteiger partial charge in [0.15, 0.2) is 5.82 Å². The summed E-state index contributed by atoms with van der Waals surface area (Å²) < 4.78 is 1.91. The van der Waals surface area contributed by atoms with Crippen LogP contribution < -0.4 is 4.90 Å². The lowest BCUT2D eigenvalue weighted by molar-refractivity contribution is 0.784. The minimum absolute atomic E-state index is 0.428. The van der Waals surface area contributed by atoms with Gasteiger partial charge in [0.05, 0.1) is 5.69 Å². The molecular weight excluding hydrogens is 292 g/mol. The number of hydrogen-bond donors (Lipinski definition) is 0. The van der Waals surface area contributed by atoms with Crippen LogP contribution in [0.3, 0.4) is 0 Å². The molecule has 2 aromatic rings. The largest absolute Gasteiger partial charge is 0.357 e. The van der Waals surface area contributed by atoms with Crippen LogP contribution in [-0.4, -0.2) is 33.0 Å². The van der Waals surface area contributed by atoms with Gasteiger partial charge in [0.1, 0.15) is 5.52 Å². The minimum atomic E-state index is 0.428. The van der Waals surface area contributed by atoms with Gasteiger partial charge in [-0.25, -0.2) is 9.50 Å². The summed E-state index contributed by atoms with van der Waals surface area (Å²) in [6, 6.07) is 2.13. The Balaban J connectivity index is 2.44. The average Bonchev–Trinajstić information content (AvgIpc) is 2.71. The van der Waals surface area contributed by atoms with Crippen molar-refractivity contribution in [1.29, 1.82) is 0 Å². The first-order valence-corrected chi connectivity index (χ1v) is 7.10. The third-order valence-corrected chi connectivity index (χ3v) is 3.16. The van der Waals surface area contributed by atoms with Gasteiger partial charge in [0.25, 0.3) is 0 Å². The predicted molar refractivity (Wildman–Crippen MR) is 78.7 cm³/mol. The number of fused-ring (bicyclic) bond motifs is 1. The van der Waals surface area contributed by atoms with Crippen molar-refractivity contribution in [2.75, 3.05) is 18.5 Å². The summed E-state index contributed by atoms with van der Waals surface area (Å²) in [5, 5.41) is 4.57. The molecular formula is C13H19BrN4. The molecule has 0 aliphatic carbocycles. The quantitative estimate of drug-likeness (QED) is 0.814. The maximum atomic E-state index is 4.57. The topological polar surface area (TPSA) is 33.4 Å². The normalized spacial score (nSPS) is 13.2. The van der Waals surface area contributed by atoms with E-state index in [0.717, 1.165) is 23.6 Å². The zero-order valence-electron chi connectivity index (χ0n) is 11.3. The second-order valence-corrected chi connectivity index (χ2v) is 6.53. The van der Waals surface area contributed by atoms with E-state index >= 15 is 0 Å². The highest BCUT2D eigenvalue weighted by Crippen LogP contribution is 2.22. The molecule has 0 radical (unpaired) electrons. The molecule has 1 unspecified atom stereocenters. The van der Waals surface area contributed by atoms with E-state index < -0.39 is 0 Å². The summed E-state index contributed by atoms with van der Waals surface area (Å²) in [6.45, 7) is 7.35. The SMILES string of the molecule is CC(Br)CN(C)c1nccn2nc(C(C)C)cc12. The Morgan fingerprint density at radius 3 is 2.72 bits per heavy atom. The molecule has 0 aromatic carbocycles. The van der Waals surface area contributed by atoms with Crippen molar-refractivity contribution in [2.24, 2.45) is 0 Å². The van der Waals surface area contributed by atoms with Crippen LogP contribution in [0, 0.1) is 0 Å². The van der Waals surface area contributed by atoms with Gasteiger partial charge < -0.3 is 4.90 Å². The van der Waals surface area contributed by atoms with E-state index in [4.69, 9.17) is 0 Å². The molecule has 2 heterocycles. The number of nitrogens with zero attached hydrogens (tertiary/aromatic N) is 4. The first-order chi connectivity index (χ1) is 8.49. The lowest BCUT2D eigenvalue weighted by Crippen LogP contribution is -2.25. The van der Waals surface area contributed by atoms with Crippen molar-refractivity contribution in [3.05, 3.63) is 24.2 Å². The monoisotopic (exact) mass is 310 g/mol. The van der Waals surface area contributed by atoms with Crippen LogP contribution in [0.15, 0.2) is 18.5 Å². The van der Waals surface area contributed by atoms with Gasteiger partial charge in [0.2, 0.25) is 0 Å². The predicted octanol–water partition coefficient (Wildman–Crippen LogP) is 3.07. The van der Waals surface area contributed by atoms with Crippen LogP contribution in [0.4, 0.5) is 5.82 Å². The van der Waals surface area contributed by atoms with Crippen molar-refractivity contribution in [1.82, 2.24) is 14.6 Å². The van der Waals surface area contributed by atoms with Crippen LogP contribution in [0.5, 0.6) is 0 Å². The van der Waals surface area contributed by atoms with Gasteiger partial charge >= 0.3 is 0 Å². The Morgan fingerprint density at radius 1 is 1.39 bits per heavy atom. The summed E-state index contributed by atoms with van der Waals surface area (Å²) in [5.41, 5.74) is 2.17. The molecule has 2 rings (SSSR count). The standard InChI is InChI=1S/C13H19BrN4/c1-9(2)11-7-12-13(17(4)8-10(3)14)15-5-6-18(12)16-11/h5-7,9-10H,8H2,1-4H3. The highest BCUT2D eigenvalue weighted by Gasteiger charge is 2.13. The van der Waals surface area contributed by atoms with Crippen LogP contribution in [0.25, 0.3) is 5.52 Å². The number of anilines is 1. The summed E-state index contributed by atoms with van der Waals surface area (Å²) >= 11 is 3.57. The molecule has 0 bridgehead atoms. The third-order valence-electron chi connectivity index (χ3n) is 2.87. The fourth-order valence-electron chi connectivity index (χ4n) is 1.97. The summed E-state index contributed by atoms with van der Waals surface area (Å²) in [7, 11) is 2.06. The second kappa shape index (κ2) is 5.26. The van der Waals surface area contributed by atoms with E-state index in [2.05, 4.69) is 64.8 Å². The van der Waals surface area contributed by atoms with Crippen LogP contribution in [0.1, 0.15) is 32.4 Å². The lowest BCUT2D eigenvalue weighted by Gasteiger charge is -2.19. The lowest BCUT2D eigenvalue weighted by atomic mass is 10.1. The molecule has 0 amide bonds. The van der Waals surface area contributed by atoms with Crippen molar-refractivity contribution in [2.45, 2.75) is 31.5 Å². The van der Waals surface area contributed by atoms with Gasteiger partial charge in [-0.2, -0.15) is 5.10 Å².